The normalized spacial score (nSPS) is 20.1. The van der Waals surface area contributed by atoms with Crippen LogP contribution in [0.2, 0.25) is 0 Å². The van der Waals surface area contributed by atoms with Crippen LogP contribution in [0.25, 0.3) is 0 Å². The van der Waals surface area contributed by atoms with E-state index >= 15 is 0 Å². The summed E-state index contributed by atoms with van der Waals surface area (Å²) in [5, 5.41) is 2.89. The SMILES string of the molecule is CC(C)C(C)C(=O)N1Cc2ccccc2NC(=O)C1C. The summed E-state index contributed by atoms with van der Waals surface area (Å²) in [6.07, 6.45) is 0. The van der Waals surface area contributed by atoms with Crippen molar-refractivity contribution in [3.63, 3.8) is 0 Å². The van der Waals surface area contributed by atoms with E-state index in [2.05, 4.69) is 5.32 Å². The van der Waals surface area contributed by atoms with Crippen LogP contribution < -0.4 is 5.32 Å². The Morgan fingerprint density at radius 1 is 1.30 bits per heavy atom. The quantitative estimate of drug-likeness (QED) is 0.901. The van der Waals surface area contributed by atoms with E-state index in [0.717, 1.165) is 11.3 Å². The van der Waals surface area contributed by atoms with Gasteiger partial charge in [-0.25, -0.2) is 0 Å². The van der Waals surface area contributed by atoms with Crippen molar-refractivity contribution in [3.8, 4) is 0 Å². The van der Waals surface area contributed by atoms with Gasteiger partial charge >= 0.3 is 0 Å². The Morgan fingerprint density at radius 2 is 1.95 bits per heavy atom. The van der Waals surface area contributed by atoms with E-state index in [4.69, 9.17) is 0 Å². The largest absolute Gasteiger partial charge is 0.326 e. The first-order chi connectivity index (χ1) is 9.41. The summed E-state index contributed by atoms with van der Waals surface area (Å²) in [6.45, 7) is 8.24. The number of hydrogen-bond acceptors (Lipinski definition) is 2. The van der Waals surface area contributed by atoms with Crippen LogP contribution in [-0.4, -0.2) is 22.8 Å². The Labute approximate surface area is 120 Å². The van der Waals surface area contributed by atoms with Gasteiger partial charge in [-0.1, -0.05) is 39.0 Å². The van der Waals surface area contributed by atoms with E-state index in [0.29, 0.717) is 6.54 Å². The monoisotopic (exact) mass is 274 g/mol. The zero-order chi connectivity index (χ0) is 14.9. The van der Waals surface area contributed by atoms with E-state index in [-0.39, 0.29) is 23.7 Å². The van der Waals surface area contributed by atoms with Gasteiger partial charge < -0.3 is 10.2 Å². The summed E-state index contributed by atoms with van der Waals surface area (Å²) < 4.78 is 0. The van der Waals surface area contributed by atoms with E-state index < -0.39 is 6.04 Å². The summed E-state index contributed by atoms with van der Waals surface area (Å²) in [7, 11) is 0. The van der Waals surface area contributed by atoms with Crippen molar-refractivity contribution in [2.24, 2.45) is 11.8 Å². The van der Waals surface area contributed by atoms with Crippen molar-refractivity contribution in [3.05, 3.63) is 29.8 Å². The molecule has 1 aromatic rings. The van der Waals surface area contributed by atoms with Crippen LogP contribution in [0.3, 0.4) is 0 Å². The van der Waals surface area contributed by atoms with Crippen LogP contribution in [0.1, 0.15) is 33.3 Å². The van der Waals surface area contributed by atoms with Gasteiger partial charge in [-0.15, -0.1) is 0 Å². The average molecular weight is 274 g/mol. The van der Waals surface area contributed by atoms with Crippen molar-refractivity contribution in [1.82, 2.24) is 4.90 Å². The lowest BCUT2D eigenvalue weighted by Gasteiger charge is -2.30. The molecule has 0 saturated heterocycles. The number of nitrogens with zero attached hydrogens (tertiary/aromatic N) is 1. The smallest absolute Gasteiger partial charge is 0.246 e. The molecule has 2 amide bonds. The highest BCUT2D eigenvalue weighted by Gasteiger charge is 2.33. The van der Waals surface area contributed by atoms with Crippen molar-refractivity contribution < 1.29 is 9.59 Å². The first-order valence-electron chi connectivity index (χ1n) is 7.11. The Kier molecular flexibility index (Phi) is 4.12. The van der Waals surface area contributed by atoms with Crippen molar-refractivity contribution >= 4 is 17.5 Å². The van der Waals surface area contributed by atoms with Gasteiger partial charge in [-0.2, -0.15) is 0 Å². The highest BCUT2D eigenvalue weighted by Crippen LogP contribution is 2.25. The summed E-state index contributed by atoms with van der Waals surface area (Å²) in [4.78, 5) is 26.5. The molecule has 1 N–H and O–H groups in total. The molecular weight excluding hydrogens is 252 g/mol. The lowest BCUT2D eigenvalue weighted by molar-refractivity contribution is -0.142. The predicted molar refractivity (Wildman–Crippen MR) is 79.1 cm³/mol. The number of carbonyl (C=O) groups excluding carboxylic acids is 2. The second kappa shape index (κ2) is 5.65. The van der Waals surface area contributed by atoms with Gasteiger partial charge in [0.2, 0.25) is 11.8 Å². The number of hydrogen-bond donors (Lipinski definition) is 1. The molecule has 0 fully saturated rings. The Balaban J connectivity index is 2.33. The van der Waals surface area contributed by atoms with Crippen LogP contribution in [-0.2, 0) is 16.1 Å². The molecule has 1 heterocycles. The molecule has 0 saturated carbocycles. The van der Waals surface area contributed by atoms with Gasteiger partial charge in [-0.3, -0.25) is 9.59 Å². The summed E-state index contributed by atoms with van der Waals surface area (Å²) in [5.41, 5.74) is 1.78. The number of para-hydroxylation sites is 1. The molecule has 2 atom stereocenters. The Morgan fingerprint density at radius 3 is 2.60 bits per heavy atom. The molecule has 108 valence electrons. The van der Waals surface area contributed by atoms with Crippen molar-refractivity contribution in [1.29, 1.82) is 0 Å². The van der Waals surface area contributed by atoms with Gasteiger partial charge in [0.05, 0.1) is 0 Å². The minimum Gasteiger partial charge on any atom is -0.326 e. The van der Waals surface area contributed by atoms with Gasteiger partial charge in [0.25, 0.3) is 0 Å². The molecule has 0 aromatic heterocycles. The van der Waals surface area contributed by atoms with E-state index in [1.807, 2.05) is 45.0 Å². The van der Waals surface area contributed by atoms with Crippen LogP contribution in [0.4, 0.5) is 5.69 Å². The van der Waals surface area contributed by atoms with Crippen molar-refractivity contribution in [2.75, 3.05) is 5.32 Å². The van der Waals surface area contributed by atoms with Crippen LogP contribution in [0, 0.1) is 11.8 Å². The van der Waals surface area contributed by atoms with Gasteiger partial charge in [0, 0.05) is 18.2 Å². The first kappa shape index (κ1) is 14.6. The number of anilines is 1. The summed E-state index contributed by atoms with van der Waals surface area (Å²) in [5.74, 6) is 0.0883. The number of carbonyl (C=O) groups is 2. The molecule has 0 radical (unpaired) electrons. The fourth-order valence-electron chi connectivity index (χ4n) is 2.29. The molecule has 0 spiro atoms. The maximum atomic E-state index is 12.6. The number of fused-ring (bicyclic) bond motifs is 1. The molecule has 2 rings (SSSR count). The molecule has 0 aliphatic carbocycles. The first-order valence-corrected chi connectivity index (χ1v) is 7.11. The molecule has 2 unspecified atom stereocenters. The summed E-state index contributed by atoms with van der Waals surface area (Å²) >= 11 is 0. The lowest BCUT2D eigenvalue weighted by Crippen LogP contribution is -2.46. The fourth-order valence-corrected chi connectivity index (χ4v) is 2.29. The van der Waals surface area contributed by atoms with E-state index in [9.17, 15) is 9.59 Å². The molecule has 20 heavy (non-hydrogen) atoms. The molecule has 1 aromatic carbocycles. The Hall–Kier alpha value is -1.84. The van der Waals surface area contributed by atoms with Crippen LogP contribution >= 0.6 is 0 Å². The van der Waals surface area contributed by atoms with Crippen LogP contribution in [0.5, 0.6) is 0 Å². The van der Waals surface area contributed by atoms with E-state index in [1.54, 1.807) is 11.8 Å². The average Bonchev–Trinajstić information content (AvgIpc) is 2.55. The third kappa shape index (κ3) is 2.69. The molecule has 0 bridgehead atoms. The maximum absolute atomic E-state index is 12.6. The third-order valence-corrected chi connectivity index (χ3v) is 4.14. The zero-order valence-electron chi connectivity index (χ0n) is 12.5. The molecule has 1 aliphatic rings. The predicted octanol–water partition coefficient (Wildman–Crippen LogP) is 2.65. The topological polar surface area (TPSA) is 49.4 Å². The minimum absolute atomic E-state index is 0.0411. The minimum atomic E-state index is -0.448. The van der Waals surface area contributed by atoms with E-state index in [1.165, 1.54) is 0 Å². The molecule has 4 heteroatoms. The number of rotatable bonds is 2. The summed E-state index contributed by atoms with van der Waals surface area (Å²) in [6, 6.07) is 7.19. The fraction of sp³-hybridized carbons (Fsp3) is 0.500. The van der Waals surface area contributed by atoms with Gasteiger partial charge in [-0.05, 0) is 24.5 Å². The maximum Gasteiger partial charge on any atom is 0.246 e. The lowest BCUT2D eigenvalue weighted by atomic mass is 9.95. The molecule has 4 nitrogen and oxygen atoms in total. The molecular formula is C16H22N2O2. The standard InChI is InChI=1S/C16H22N2O2/c1-10(2)11(3)16(20)18-9-13-7-5-6-8-14(13)17-15(19)12(18)4/h5-8,10-12H,9H2,1-4H3,(H,17,19). The van der Waals surface area contributed by atoms with Crippen LogP contribution in [0.15, 0.2) is 24.3 Å². The van der Waals surface area contributed by atoms with Crippen molar-refractivity contribution in [2.45, 2.75) is 40.3 Å². The second-order valence-electron chi connectivity index (χ2n) is 5.82. The number of amides is 2. The molecule has 1 aliphatic heterocycles. The number of nitrogens with one attached hydrogen (secondary N) is 1. The Bertz CT molecular complexity index is 525. The highest BCUT2D eigenvalue weighted by atomic mass is 16.2. The van der Waals surface area contributed by atoms with Gasteiger partial charge in [0.1, 0.15) is 6.04 Å². The van der Waals surface area contributed by atoms with Gasteiger partial charge in [0.15, 0.2) is 0 Å². The number of benzene rings is 1. The third-order valence-electron chi connectivity index (χ3n) is 4.14. The second-order valence-corrected chi connectivity index (χ2v) is 5.82. The zero-order valence-corrected chi connectivity index (χ0v) is 12.5. The highest BCUT2D eigenvalue weighted by molar-refractivity contribution is 5.98.